The number of imidazole rings is 2. The zero-order valence-corrected chi connectivity index (χ0v) is 17.4. The van der Waals surface area contributed by atoms with Gasteiger partial charge in [0.2, 0.25) is 0 Å². The van der Waals surface area contributed by atoms with Gasteiger partial charge >= 0.3 is 0 Å². The van der Waals surface area contributed by atoms with Crippen LogP contribution < -0.4 is 4.74 Å². The van der Waals surface area contributed by atoms with Crippen LogP contribution in [0.15, 0.2) is 49.1 Å². The number of nitrogens with one attached hydrogen (secondary N) is 2. The number of benzene rings is 1. The minimum absolute atomic E-state index is 0.0653. The highest BCUT2D eigenvalue weighted by Gasteiger charge is 2.17. The number of ketones is 2. The minimum atomic E-state index is -0.134. The SMILES string of the molecule is CC(C)COc1cncc(C(=O)Cc2nc3c(C(=O)Cc4ncc[nH]4)cccc3[nH]2)c1. The van der Waals surface area contributed by atoms with E-state index in [-0.39, 0.29) is 24.4 Å². The van der Waals surface area contributed by atoms with E-state index >= 15 is 0 Å². The van der Waals surface area contributed by atoms with Crippen molar-refractivity contribution >= 4 is 22.6 Å². The lowest BCUT2D eigenvalue weighted by molar-refractivity contribution is 0.0984. The summed E-state index contributed by atoms with van der Waals surface area (Å²) in [6, 6.07) is 7.06. The van der Waals surface area contributed by atoms with Gasteiger partial charge in [-0.15, -0.1) is 0 Å². The summed E-state index contributed by atoms with van der Waals surface area (Å²) in [6.45, 7) is 4.66. The van der Waals surface area contributed by atoms with Crippen molar-refractivity contribution in [1.82, 2.24) is 24.9 Å². The second kappa shape index (κ2) is 8.91. The van der Waals surface area contributed by atoms with Gasteiger partial charge < -0.3 is 14.7 Å². The molecule has 8 nitrogen and oxygen atoms in total. The molecule has 0 unspecified atom stereocenters. The Kier molecular flexibility index (Phi) is 5.88. The molecule has 3 aromatic heterocycles. The summed E-state index contributed by atoms with van der Waals surface area (Å²) in [5.41, 5.74) is 2.21. The Labute approximate surface area is 179 Å². The number of aromatic nitrogens is 5. The van der Waals surface area contributed by atoms with Crippen LogP contribution >= 0.6 is 0 Å². The lowest BCUT2D eigenvalue weighted by atomic mass is 10.1. The van der Waals surface area contributed by atoms with Crippen LogP contribution in [0.1, 0.15) is 46.2 Å². The Hall–Kier alpha value is -3.81. The Bertz CT molecular complexity index is 1210. The maximum atomic E-state index is 12.8. The first kappa shape index (κ1) is 20.5. The minimum Gasteiger partial charge on any atom is -0.492 e. The molecule has 0 amide bonds. The molecule has 0 saturated carbocycles. The summed E-state index contributed by atoms with van der Waals surface area (Å²) < 4.78 is 5.66. The quantitative estimate of drug-likeness (QED) is 0.403. The number of carbonyl (C=O) groups is 2. The molecule has 3 heterocycles. The third-order valence-corrected chi connectivity index (χ3v) is 4.69. The molecule has 0 aliphatic heterocycles. The predicted molar refractivity (Wildman–Crippen MR) is 115 cm³/mol. The number of aromatic amines is 2. The van der Waals surface area contributed by atoms with Gasteiger partial charge in [0, 0.05) is 29.7 Å². The topological polar surface area (TPSA) is 114 Å². The van der Waals surface area contributed by atoms with Crippen LogP contribution in [0.3, 0.4) is 0 Å². The molecule has 4 aromatic rings. The molecule has 0 spiro atoms. The van der Waals surface area contributed by atoms with E-state index in [1.165, 1.54) is 6.20 Å². The molecule has 0 aliphatic carbocycles. The monoisotopic (exact) mass is 417 g/mol. The molecular formula is C23H23N5O3. The number of carbonyl (C=O) groups excluding carboxylic acids is 2. The van der Waals surface area contributed by atoms with Gasteiger partial charge in [-0.2, -0.15) is 0 Å². The van der Waals surface area contributed by atoms with Crippen LogP contribution in [0.2, 0.25) is 0 Å². The highest BCUT2D eigenvalue weighted by molar-refractivity contribution is 6.07. The smallest absolute Gasteiger partial charge is 0.172 e. The van der Waals surface area contributed by atoms with E-state index in [2.05, 4.69) is 38.8 Å². The molecular weight excluding hydrogens is 394 g/mol. The third kappa shape index (κ3) is 4.85. The summed E-state index contributed by atoms with van der Waals surface area (Å²) in [5, 5.41) is 0. The summed E-state index contributed by atoms with van der Waals surface area (Å²) in [4.78, 5) is 44.3. The van der Waals surface area contributed by atoms with Gasteiger partial charge in [0.05, 0.1) is 36.7 Å². The molecule has 158 valence electrons. The van der Waals surface area contributed by atoms with Crippen LogP contribution in [0.5, 0.6) is 5.75 Å². The molecule has 0 bridgehead atoms. The van der Waals surface area contributed by atoms with Gasteiger partial charge in [-0.1, -0.05) is 19.9 Å². The number of para-hydroxylation sites is 1. The van der Waals surface area contributed by atoms with Crippen LogP contribution in [-0.4, -0.2) is 43.1 Å². The normalized spacial score (nSPS) is 11.2. The highest BCUT2D eigenvalue weighted by Crippen LogP contribution is 2.20. The van der Waals surface area contributed by atoms with Gasteiger partial charge in [-0.3, -0.25) is 14.6 Å². The van der Waals surface area contributed by atoms with E-state index in [0.29, 0.717) is 52.1 Å². The van der Waals surface area contributed by atoms with Crippen molar-refractivity contribution in [2.45, 2.75) is 26.7 Å². The van der Waals surface area contributed by atoms with Crippen molar-refractivity contribution < 1.29 is 14.3 Å². The van der Waals surface area contributed by atoms with Crippen molar-refractivity contribution in [1.29, 1.82) is 0 Å². The number of nitrogens with zero attached hydrogens (tertiary/aromatic N) is 3. The number of hydrogen-bond donors (Lipinski definition) is 2. The molecule has 0 radical (unpaired) electrons. The Morgan fingerprint density at radius 1 is 1.10 bits per heavy atom. The van der Waals surface area contributed by atoms with Crippen LogP contribution in [0, 0.1) is 5.92 Å². The van der Waals surface area contributed by atoms with Crippen molar-refractivity contribution in [2.75, 3.05) is 6.61 Å². The largest absolute Gasteiger partial charge is 0.492 e. The molecule has 1 aromatic carbocycles. The fraction of sp³-hybridized carbons (Fsp3) is 0.261. The average Bonchev–Trinajstić information content (AvgIpc) is 3.41. The van der Waals surface area contributed by atoms with Crippen molar-refractivity contribution in [3.8, 4) is 5.75 Å². The van der Waals surface area contributed by atoms with Gasteiger partial charge in [-0.05, 0) is 24.1 Å². The first-order valence-electron chi connectivity index (χ1n) is 10.1. The summed E-state index contributed by atoms with van der Waals surface area (Å²) in [5.74, 6) is 1.80. The van der Waals surface area contributed by atoms with Gasteiger partial charge in [0.25, 0.3) is 0 Å². The molecule has 31 heavy (non-hydrogen) atoms. The molecule has 0 saturated heterocycles. The zero-order chi connectivity index (χ0) is 21.8. The van der Waals surface area contributed by atoms with Crippen molar-refractivity contribution in [3.05, 3.63) is 71.8 Å². The zero-order valence-electron chi connectivity index (χ0n) is 17.4. The summed E-state index contributed by atoms with van der Waals surface area (Å²) in [7, 11) is 0. The molecule has 4 rings (SSSR count). The van der Waals surface area contributed by atoms with Crippen LogP contribution in [-0.2, 0) is 12.8 Å². The molecule has 0 atom stereocenters. The number of H-pyrrole nitrogens is 2. The average molecular weight is 417 g/mol. The molecule has 0 fully saturated rings. The van der Waals surface area contributed by atoms with Crippen LogP contribution in [0.4, 0.5) is 0 Å². The van der Waals surface area contributed by atoms with Crippen molar-refractivity contribution in [2.24, 2.45) is 5.92 Å². The van der Waals surface area contributed by atoms with E-state index in [0.717, 1.165) is 0 Å². The van der Waals surface area contributed by atoms with Gasteiger partial charge in [0.15, 0.2) is 11.6 Å². The fourth-order valence-electron chi connectivity index (χ4n) is 3.20. The third-order valence-electron chi connectivity index (χ3n) is 4.69. The Morgan fingerprint density at radius 2 is 1.94 bits per heavy atom. The second-order valence-electron chi connectivity index (χ2n) is 7.74. The fourth-order valence-corrected chi connectivity index (χ4v) is 3.20. The molecule has 8 heteroatoms. The number of pyridine rings is 1. The van der Waals surface area contributed by atoms with E-state index in [1.54, 1.807) is 36.8 Å². The first-order chi connectivity index (χ1) is 15.0. The van der Waals surface area contributed by atoms with Crippen molar-refractivity contribution in [3.63, 3.8) is 0 Å². The number of rotatable bonds is 9. The summed E-state index contributed by atoms with van der Waals surface area (Å²) in [6.07, 6.45) is 6.62. The number of Topliss-reactive ketones (excluding diaryl/α,β-unsaturated/α-hetero) is 2. The molecule has 0 aliphatic rings. The second-order valence-corrected chi connectivity index (χ2v) is 7.74. The first-order valence-corrected chi connectivity index (χ1v) is 10.1. The Balaban J connectivity index is 1.52. The molecule has 2 N–H and O–H groups in total. The van der Waals surface area contributed by atoms with E-state index < -0.39 is 0 Å². The lowest BCUT2D eigenvalue weighted by Crippen LogP contribution is -2.08. The van der Waals surface area contributed by atoms with Gasteiger partial charge in [-0.25, -0.2) is 9.97 Å². The predicted octanol–water partition coefficient (Wildman–Crippen LogP) is 3.57. The number of hydrogen-bond acceptors (Lipinski definition) is 6. The number of ether oxygens (including phenoxy) is 1. The Morgan fingerprint density at radius 3 is 2.71 bits per heavy atom. The standard InChI is InChI=1S/C23H23N5O3/c1-14(2)13-31-16-8-15(11-24-12-16)19(29)9-22-27-18-5-3-4-17(23(18)28-22)20(30)10-21-25-6-7-26-21/h3-8,11-12,14H,9-10,13H2,1-2H3,(H,25,26)(H,27,28). The van der Waals surface area contributed by atoms with E-state index in [9.17, 15) is 9.59 Å². The highest BCUT2D eigenvalue weighted by atomic mass is 16.5. The maximum absolute atomic E-state index is 12.8. The maximum Gasteiger partial charge on any atom is 0.172 e. The van der Waals surface area contributed by atoms with E-state index in [1.807, 2.05) is 6.07 Å². The van der Waals surface area contributed by atoms with E-state index in [4.69, 9.17) is 4.74 Å². The lowest BCUT2D eigenvalue weighted by Gasteiger charge is -2.08. The van der Waals surface area contributed by atoms with Crippen LogP contribution in [0.25, 0.3) is 11.0 Å². The van der Waals surface area contributed by atoms with Gasteiger partial charge in [0.1, 0.15) is 17.4 Å². The summed E-state index contributed by atoms with van der Waals surface area (Å²) >= 11 is 0. The number of fused-ring (bicyclic) bond motifs is 1.